The number of hydrogen-bond donors (Lipinski definition) is 1. The molecule has 1 N–H and O–H groups in total. The van der Waals surface area contributed by atoms with Gasteiger partial charge in [0.1, 0.15) is 0 Å². The molecule has 1 aromatic heterocycles. The quantitative estimate of drug-likeness (QED) is 0.703. The number of nitrogens with zero attached hydrogens (tertiary/aromatic N) is 2. The highest BCUT2D eigenvalue weighted by Crippen LogP contribution is 2.41. The van der Waals surface area contributed by atoms with E-state index < -0.39 is 12.0 Å². The molecule has 0 saturated carbocycles. The number of halogens is 1. The zero-order chi connectivity index (χ0) is 17.6. The van der Waals surface area contributed by atoms with Gasteiger partial charge in [0, 0.05) is 10.7 Å². The standard InChI is InChI=1S/C19H16ClN3O2/c1-11-16(18(24)25-2)17(12-7-3-4-8-13(12)20)23-15-10-6-5-9-14(15)22-19(23)21-11/h3-10,17H,1-2H3,(H,21,22)/t17-/m0/s1. The number of methoxy groups -OCH3 is 1. The fraction of sp³-hybridized carbons (Fsp3) is 0.158. The molecule has 1 aliphatic heterocycles. The summed E-state index contributed by atoms with van der Waals surface area (Å²) in [5.74, 6) is 0.287. The summed E-state index contributed by atoms with van der Waals surface area (Å²) in [6.45, 7) is 1.85. The SMILES string of the molecule is COC(=O)C1=C(C)Nc2nc3ccccc3n2[C@H]1c1ccccc1Cl. The van der Waals surface area contributed by atoms with E-state index in [1.165, 1.54) is 7.11 Å². The van der Waals surface area contributed by atoms with Crippen LogP contribution in [0.15, 0.2) is 59.8 Å². The number of fused-ring (bicyclic) bond motifs is 3. The summed E-state index contributed by atoms with van der Waals surface area (Å²) < 4.78 is 7.04. The summed E-state index contributed by atoms with van der Waals surface area (Å²) >= 11 is 6.47. The van der Waals surface area contributed by atoms with Crippen molar-refractivity contribution in [2.45, 2.75) is 13.0 Å². The third-order valence-electron chi connectivity index (χ3n) is 4.44. The second-order valence-corrected chi connectivity index (χ2v) is 6.28. The van der Waals surface area contributed by atoms with E-state index >= 15 is 0 Å². The molecule has 3 aromatic rings. The van der Waals surface area contributed by atoms with Gasteiger partial charge in [0.15, 0.2) is 0 Å². The molecule has 2 aromatic carbocycles. The molecule has 0 aliphatic carbocycles. The highest BCUT2D eigenvalue weighted by atomic mass is 35.5. The first-order valence-corrected chi connectivity index (χ1v) is 8.27. The molecule has 5 nitrogen and oxygen atoms in total. The number of hydrogen-bond acceptors (Lipinski definition) is 4. The van der Waals surface area contributed by atoms with Crippen LogP contribution in [0.5, 0.6) is 0 Å². The summed E-state index contributed by atoms with van der Waals surface area (Å²) in [5, 5.41) is 3.81. The van der Waals surface area contributed by atoms with Crippen LogP contribution in [0.4, 0.5) is 5.95 Å². The van der Waals surface area contributed by atoms with E-state index in [2.05, 4.69) is 10.3 Å². The average molecular weight is 354 g/mol. The molecule has 1 aliphatic rings. The Morgan fingerprint density at radius 3 is 2.68 bits per heavy atom. The zero-order valence-electron chi connectivity index (χ0n) is 13.8. The molecule has 1 atom stereocenters. The third kappa shape index (κ3) is 2.39. The highest BCUT2D eigenvalue weighted by molar-refractivity contribution is 6.31. The first-order valence-electron chi connectivity index (χ1n) is 7.89. The Hall–Kier alpha value is -2.79. The lowest BCUT2D eigenvalue weighted by Gasteiger charge is -2.30. The summed E-state index contributed by atoms with van der Waals surface area (Å²) in [4.78, 5) is 17.2. The smallest absolute Gasteiger partial charge is 0.337 e. The third-order valence-corrected chi connectivity index (χ3v) is 4.78. The Bertz CT molecular complexity index is 1020. The number of allylic oxidation sites excluding steroid dienone is 1. The Morgan fingerprint density at radius 1 is 1.20 bits per heavy atom. The lowest BCUT2D eigenvalue weighted by Crippen LogP contribution is -2.28. The van der Waals surface area contributed by atoms with Crippen LogP contribution in [0.1, 0.15) is 18.5 Å². The fourth-order valence-corrected chi connectivity index (χ4v) is 3.57. The topological polar surface area (TPSA) is 56.1 Å². The summed E-state index contributed by atoms with van der Waals surface area (Å²) in [7, 11) is 1.38. The molecule has 0 unspecified atom stereocenters. The van der Waals surface area contributed by atoms with Crippen LogP contribution in [0, 0.1) is 0 Å². The maximum absolute atomic E-state index is 12.5. The molecule has 0 bridgehead atoms. The number of nitrogens with one attached hydrogen (secondary N) is 1. The minimum Gasteiger partial charge on any atom is -0.466 e. The van der Waals surface area contributed by atoms with Crippen molar-refractivity contribution in [1.29, 1.82) is 0 Å². The predicted molar refractivity (Wildman–Crippen MR) is 97.7 cm³/mol. The van der Waals surface area contributed by atoms with E-state index in [1.54, 1.807) is 0 Å². The highest BCUT2D eigenvalue weighted by Gasteiger charge is 2.35. The molecule has 0 saturated heterocycles. The van der Waals surface area contributed by atoms with Crippen molar-refractivity contribution in [3.63, 3.8) is 0 Å². The van der Waals surface area contributed by atoms with Gasteiger partial charge in [0.2, 0.25) is 5.95 Å². The van der Waals surface area contributed by atoms with Crippen LogP contribution < -0.4 is 5.32 Å². The van der Waals surface area contributed by atoms with Gasteiger partial charge in [-0.2, -0.15) is 0 Å². The number of esters is 1. The number of carbonyl (C=O) groups excluding carboxylic acids is 1. The number of aromatic nitrogens is 2. The number of ether oxygens (including phenoxy) is 1. The van der Waals surface area contributed by atoms with Gasteiger partial charge in [-0.3, -0.25) is 4.57 Å². The molecule has 25 heavy (non-hydrogen) atoms. The van der Waals surface area contributed by atoms with E-state index in [9.17, 15) is 4.79 Å². The van der Waals surface area contributed by atoms with Gasteiger partial charge < -0.3 is 10.1 Å². The lowest BCUT2D eigenvalue weighted by molar-refractivity contribution is -0.136. The minimum atomic E-state index is -0.412. The van der Waals surface area contributed by atoms with Crippen molar-refractivity contribution in [2.24, 2.45) is 0 Å². The maximum atomic E-state index is 12.5. The molecular formula is C19H16ClN3O2. The Balaban J connectivity index is 2.05. The van der Waals surface area contributed by atoms with Gasteiger partial charge in [-0.15, -0.1) is 0 Å². The first kappa shape index (κ1) is 15.7. The lowest BCUT2D eigenvalue weighted by atomic mass is 9.95. The van der Waals surface area contributed by atoms with E-state index in [1.807, 2.05) is 60.0 Å². The molecular weight excluding hydrogens is 338 g/mol. The molecule has 0 amide bonds. The molecule has 0 spiro atoms. The number of imidazole rings is 1. The van der Waals surface area contributed by atoms with Crippen molar-refractivity contribution in [2.75, 3.05) is 12.4 Å². The van der Waals surface area contributed by atoms with E-state index in [-0.39, 0.29) is 0 Å². The first-order chi connectivity index (χ1) is 12.1. The summed E-state index contributed by atoms with van der Waals surface area (Å²) in [6, 6.07) is 14.9. The predicted octanol–water partition coefficient (Wildman–Crippen LogP) is 4.15. The van der Waals surface area contributed by atoms with Gasteiger partial charge in [0.05, 0.1) is 29.8 Å². The second kappa shape index (κ2) is 5.93. The van der Waals surface area contributed by atoms with Gasteiger partial charge in [-0.25, -0.2) is 9.78 Å². The van der Waals surface area contributed by atoms with Crippen molar-refractivity contribution in [3.8, 4) is 0 Å². The second-order valence-electron chi connectivity index (χ2n) is 5.87. The van der Waals surface area contributed by atoms with E-state index in [0.29, 0.717) is 22.2 Å². The van der Waals surface area contributed by atoms with Gasteiger partial charge in [-0.05, 0) is 30.7 Å². The number of para-hydroxylation sites is 2. The molecule has 2 heterocycles. The average Bonchev–Trinajstić information content (AvgIpc) is 2.98. The molecule has 4 rings (SSSR count). The fourth-order valence-electron chi connectivity index (χ4n) is 3.33. The van der Waals surface area contributed by atoms with E-state index in [4.69, 9.17) is 16.3 Å². The van der Waals surface area contributed by atoms with Crippen molar-refractivity contribution in [1.82, 2.24) is 9.55 Å². The maximum Gasteiger partial charge on any atom is 0.337 e. The van der Waals surface area contributed by atoms with Gasteiger partial charge in [0.25, 0.3) is 0 Å². The molecule has 126 valence electrons. The van der Waals surface area contributed by atoms with Crippen LogP contribution in [-0.4, -0.2) is 22.6 Å². The normalized spacial score (nSPS) is 16.5. The molecule has 0 radical (unpaired) electrons. The van der Waals surface area contributed by atoms with Crippen LogP contribution in [0.25, 0.3) is 11.0 Å². The summed E-state index contributed by atoms with van der Waals surface area (Å²) in [5.41, 5.74) is 3.82. The Labute approximate surface area is 149 Å². The van der Waals surface area contributed by atoms with Gasteiger partial charge in [-0.1, -0.05) is 41.9 Å². The van der Waals surface area contributed by atoms with Crippen LogP contribution in [-0.2, 0) is 9.53 Å². The minimum absolute atomic E-state index is 0.390. The number of rotatable bonds is 2. The summed E-state index contributed by atoms with van der Waals surface area (Å²) in [6.07, 6.45) is 0. The monoisotopic (exact) mass is 353 g/mol. The van der Waals surface area contributed by atoms with Crippen LogP contribution in [0.3, 0.4) is 0 Å². The molecule has 6 heteroatoms. The Kier molecular flexibility index (Phi) is 3.73. The number of anilines is 1. The molecule has 0 fully saturated rings. The number of carbonyl (C=O) groups is 1. The van der Waals surface area contributed by atoms with Crippen LogP contribution in [0.2, 0.25) is 5.02 Å². The van der Waals surface area contributed by atoms with Gasteiger partial charge >= 0.3 is 5.97 Å². The largest absolute Gasteiger partial charge is 0.466 e. The van der Waals surface area contributed by atoms with Crippen molar-refractivity contribution >= 4 is 34.6 Å². The zero-order valence-corrected chi connectivity index (χ0v) is 14.5. The Morgan fingerprint density at radius 2 is 1.92 bits per heavy atom. The van der Waals surface area contributed by atoms with Crippen molar-refractivity contribution in [3.05, 3.63) is 70.4 Å². The van der Waals surface area contributed by atoms with E-state index in [0.717, 1.165) is 16.6 Å². The van der Waals surface area contributed by atoms with Crippen LogP contribution >= 0.6 is 11.6 Å². The number of benzene rings is 2. The van der Waals surface area contributed by atoms with Crippen molar-refractivity contribution < 1.29 is 9.53 Å².